The number of nitro groups is 1. The molecule has 1 aliphatic heterocycles. The number of rotatable bonds is 4. The summed E-state index contributed by atoms with van der Waals surface area (Å²) in [7, 11) is 1.47. The average Bonchev–Trinajstić information content (AvgIpc) is 2.51. The van der Waals surface area contributed by atoms with Gasteiger partial charge in [-0.25, -0.2) is 9.59 Å². The van der Waals surface area contributed by atoms with E-state index in [1.807, 2.05) is 0 Å². The number of hydrogen-bond acceptors (Lipinski definition) is 5. The summed E-state index contributed by atoms with van der Waals surface area (Å²) < 4.78 is 4.99. The first-order valence-electron chi connectivity index (χ1n) is 7.03. The van der Waals surface area contributed by atoms with Crippen LogP contribution in [0.1, 0.15) is 25.5 Å². The topological polar surface area (TPSA) is 102 Å². The van der Waals surface area contributed by atoms with E-state index in [2.05, 4.69) is 5.32 Å². The number of amides is 2. The molecule has 1 aliphatic rings. The highest BCUT2D eigenvalue weighted by atomic mass is 16.6. The lowest BCUT2D eigenvalue weighted by Crippen LogP contribution is -2.46. The fraction of sp³-hybridized carbons (Fsp3) is 0.333. The molecule has 2 amide bonds. The summed E-state index contributed by atoms with van der Waals surface area (Å²) in [6, 6.07) is 4.84. The first kappa shape index (κ1) is 16.5. The third-order valence-electron chi connectivity index (χ3n) is 3.60. The predicted octanol–water partition coefficient (Wildman–Crippen LogP) is 2.13. The summed E-state index contributed by atoms with van der Waals surface area (Å²) in [4.78, 5) is 35.8. The zero-order valence-corrected chi connectivity index (χ0v) is 13.0. The molecule has 1 atom stereocenters. The molecule has 2 rings (SSSR count). The maximum Gasteiger partial charge on any atom is 0.355 e. The van der Waals surface area contributed by atoms with Gasteiger partial charge in [-0.2, -0.15) is 0 Å². The first-order chi connectivity index (χ1) is 10.9. The largest absolute Gasteiger partial charge is 0.461 e. The fourth-order valence-electron chi connectivity index (χ4n) is 2.48. The number of ether oxygens (including phenoxy) is 1. The van der Waals surface area contributed by atoms with Gasteiger partial charge in [-0.15, -0.1) is 0 Å². The van der Waals surface area contributed by atoms with Crippen molar-refractivity contribution in [1.82, 2.24) is 10.2 Å². The van der Waals surface area contributed by atoms with Crippen molar-refractivity contribution in [3.05, 3.63) is 51.2 Å². The number of carbonyl (C=O) groups excluding carboxylic acids is 2. The number of benzene rings is 1. The Bertz CT molecular complexity index is 698. The monoisotopic (exact) mass is 319 g/mol. The second-order valence-electron chi connectivity index (χ2n) is 5.05. The van der Waals surface area contributed by atoms with Gasteiger partial charge in [-0.3, -0.25) is 15.0 Å². The molecular formula is C15H17N3O5. The summed E-state index contributed by atoms with van der Waals surface area (Å²) in [5.74, 6) is -0.599. The highest BCUT2D eigenvalue weighted by molar-refractivity contribution is 5.96. The molecule has 0 bridgehead atoms. The number of nitrogens with zero attached hydrogens (tertiary/aromatic N) is 2. The molecule has 1 N–H and O–H groups in total. The number of esters is 1. The van der Waals surface area contributed by atoms with Crippen LogP contribution in [0.15, 0.2) is 35.5 Å². The number of urea groups is 1. The van der Waals surface area contributed by atoms with Crippen molar-refractivity contribution in [2.45, 2.75) is 19.9 Å². The summed E-state index contributed by atoms with van der Waals surface area (Å²) in [5.41, 5.74) is 1.15. The van der Waals surface area contributed by atoms with Crippen molar-refractivity contribution >= 4 is 17.7 Å². The minimum Gasteiger partial charge on any atom is -0.461 e. The Hall–Kier alpha value is -2.90. The highest BCUT2D eigenvalue weighted by Crippen LogP contribution is 2.31. The summed E-state index contributed by atoms with van der Waals surface area (Å²) in [6.45, 7) is 3.55. The molecule has 0 spiro atoms. The Morgan fingerprint density at radius 3 is 2.78 bits per heavy atom. The summed E-state index contributed by atoms with van der Waals surface area (Å²) in [6.07, 6.45) is 0. The zero-order chi connectivity index (χ0) is 17.1. The zero-order valence-electron chi connectivity index (χ0n) is 13.0. The number of non-ortho nitro benzene ring substituents is 1. The molecule has 1 unspecified atom stereocenters. The molecule has 0 saturated carbocycles. The minimum atomic E-state index is -0.627. The van der Waals surface area contributed by atoms with Gasteiger partial charge in [0, 0.05) is 19.2 Å². The van der Waals surface area contributed by atoms with E-state index >= 15 is 0 Å². The predicted molar refractivity (Wildman–Crippen MR) is 81.5 cm³/mol. The van der Waals surface area contributed by atoms with E-state index in [-0.39, 0.29) is 18.0 Å². The minimum absolute atomic E-state index is 0.0823. The van der Waals surface area contributed by atoms with Crippen LogP contribution in [0.5, 0.6) is 0 Å². The number of nitro benzene ring substituents is 1. The molecule has 1 aromatic carbocycles. The van der Waals surface area contributed by atoms with Gasteiger partial charge in [0.2, 0.25) is 0 Å². The Kier molecular flexibility index (Phi) is 4.63. The molecule has 0 radical (unpaired) electrons. The second kappa shape index (κ2) is 6.47. The van der Waals surface area contributed by atoms with Crippen molar-refractivity contribution in [3.8, 4) is 0 Å². The Labute approximate surface area is 132 Å². The van der Waals surface area contributed by atoms with Gasteiger partial charge in [0.05, 0.1) is 17.6 Å². The Balaban J connectivity index is 2.49. The van der Waals surface area contributed by atoms with E-state index < -0.39 is 23.0 Å². The summed E-state index contributed by atoms with van der Waals surface area (Å²) in [5, 5.41) is 13.6. The quantitative estimate of drug-likeness (QED) is 0.520. The highest BCUT2D eigenvalue weighted by Gasteiger charge is 2.34. The van der Waals surface area contributed by atoms with Gasteiger partial charge in [0.15, 0.2) is 0 Å². The molecule has 0 aromatic heterocycles. The third-order valence-corrected chi connectivity index (χ3v) is 3.60. The van der Waals surface area contributed by atoms with Gasteiger partial charge in [0.1, 0.15) is 5.70 Å². The molecule has 23 heavy (non-hydrogen) atoms. The van der Waals surface area contributed by atoms with E-state index in [1.165, 1.54) is 30.1 Å². The van der Waals surface area contributed by atoms with Crippen LogP contribution < -0.4 is 5.32 Å². The lowest BCUT2D eigenvalue weighted by molar-refractivity contribution is -0.384. The average molecular weight is 319 g/mol. The second-order valence-corrected chi connectivity index (χ2v) is 5.05. The van der Waals surface area contributed by atoms with E-state index in [4.69, 9.17) is 4.74 Å². The van der Waals surface area contributed by atoms with Gasteiger partial charge < -0.3 is 10.1 Å². The van der Waals surface area contributed by atoms with E-state index in [0.29, 0.717) is 11.1 Å². The molecule has 8 heteroatoms. The first-order valence-corrected chi connectivity index (χ1v) is 7.03. The van der Waals surface area contributed by atoms with Crippen molar-refractivity contribution in [3.63, 3.8) is 0 Å². The van der Waals surface area contributed by atoms with Gasteiger partial charge >= 0.3 is 12.0 Å². The number of nitrogens with one attached hydrogen (secondary N) is 1. The van der Waals surface area contributed by atoms with Crippen LogP contribution in [-0.2, 0) is 9.53 Å². The molecule has 0 aliphatic carbocycles. The Morgan fingerprint density at radius 1 is 1.48 bits per heavy atom. The number of hydrogen-bond donors (Lipinski definition) is 1. The van der Waals surface area contributed by atoms with E-state index in [1.54, 1.807) is 19.9 Å². The lowest BCUT2D eigenvalue weighted by atomic mass is 9.95. The molecule has 1 aromatic rings. The van der Waals surface area contributed by atoms with Gasteiger partial charge in [-0.05, 0) is 25.0 Å². The van der Waals surface area contributed by atoms with Gasteiger partial charge in [-0.1, -0.05) is 12.1 Å². The smallest absolute Gasteiger partial charge is 0.355 e. The maximum atomic E-state index is 12.1. The van der Waals surface area contributed by atoms with Crippen molar-refractivity contribution in [1.29, 1.82) is 0 Å². The van der Waals surface area contributed by atoms with Crippen LogP contribution in [-0.4, -0.2) is 35.5 Å². The SMILES string of the molecule is CCOC(=O)C1=C(C)C(c2cccc([N+](=O)[O-])c2)NC(=O)N1C. The number of carbonyl (C=O) groups is 2. The normalized spacial score (nSPS) is 17.8. The molecule has 122 valence electrons. The maximum absolute atomic E-state index is 12.1. The van der Waals surface area contributed by atoms with Crippen LogP contribution in [0.2, 0.25) is 0 Å². The summed E-state index contributed by atoms with van der Waals surface area (Å²) >= 11 is 0. The lowest BCUT2D eigenvalue weighted by Gasteiger charge is -2.33. The van der Waals surface area contributed by atoms with Gasteiger partial charge in [0.25, 0.3) is 5.69 Å². The number of likely N-dealkylation sites (N-methyl/N-ethyl adjacent to an activating group) is 1. The Morgan fingerprint density at radius 2 is 2.17 bits per heavy atom. The van der Waals surface area contributed by atoms with Crippen molar-refractivity contribution < 1.29 is 19.2 Å². The van der Waals surface area contributed by atoms with Crippen LogP contribution in [0, 0.1) is 10.1 Å². The molecule has 1 heterocycles. The van der Waals surface area contributed by atoms with Crippen LogP contribution in [0.4, 0.5) is 10.5 Å². The fourth-order valence-corrected chi connectivity index (χ4v) is 2.48. The standard InChI is InChI=1S/C15H17N3O5/c1-4-23-14(19)13-9(2)12(16-15(20)17(13)3)10-6-5-7-11(8-10)18(21)22/h5-8,12H,4H2,1-3H3,(H,16,20). The van der Waals surface area contributed by atoms with Crippen LogP contribution >= 0.6 is 0 Å². The molecule has 0 fully saturated rings. The van der Waals surface area contributed by atoms with Crippen molar-refractivity contribution in [2.24, 2.45) is 0 Å². The third kappa shape index (κ3) is 3.15. The van der Waals surface area contributed by atoms with E-state index in [0.717, 1.165) is 0 Å². The molecular weight excluding hydrogens is 302 g/mol. The van der Waals surface area contributed by atoms with Crippen molar-refractivity contribution in [2.75, 3.05) is 13.7 Å². The van der Waals surface area contributed by atoms with E-state index in [9.17, 15) is 19.7 Å². The van der Waals surface area contributed by atoms with Crippen LogP contribution in [0.25, 0.3) is 0 Å². The van der Waals surface area contributed by atoms with Crippen LogP contribution in [0.3, 0.4) is 0 Å². The molecule has 0 saturated heterocycles. The molecule has 8 nitrogen and oxygen atoms in total.